The monoisotopic (exact) mass is 373 g/mol. The molecule has 1 aliphatic rings. The molecule has 3 amide bonds. The highest BCUT2D eigenvalue weighted by Gasteiger charge is 2.40. The van der Waals surface area contributed by atoms with Crippen molar-refractivity contribution in [3.05, 3.63) is 83.7 Å². The van der Waals surface area contributed by atoms with Crippen molar-refractivity contribution in [1.82, 2.24) is 10.3 Å². The lowest BCUT2D eigenvalue weighted by Crippen LogP contribution is -2.30. The lowest BCUT2D eigenvalue weighted by atomic mass is 10.0. The third-order valence-electron chi connectivity index (χ3n) is 4.77. The number of amides is 3. The summed E-state index contributed by atoms with van der Waals surface area (Å²) in [6.07, 6.45) is 3.28. The predicted molar refractivity (Wildman–Crippen MR) is 105 cm³/mol. The minimum atomic E-state index is -0.682. The molecule has 1 unspecified atom stereocenters. The molecule has 0 bridgehead atoms. The zero-order valence-electron chi connectivity index (χ0n) is 15.5. The number of urea groups is 1. The van der Waals surface area contributed by atoms with E-state index in [9.17, 15) is 9.59 Å². The van der Waals surface area contributed by atoms with E-state index in [1.165, 1.54) is 0 Å². The van der Waals surface area contributed by atoms with Gasteiger partial charge < -0.3 is 10.1 Å². The largest absolute Gasteiger partial charge is 0.456 e. The molecular formula is C22H19N3O3. The summed E-state index contributed by atoms with van der Waals surface area (Å²) in [5.74, 6) is 0.906. The molecule has 0 saturated carbocycles. The number of hydrogen-bond acceptors (Lipinski definition) is 4. The first kappa shape index (κ1) is 17.7. The van der Waals surface area contributed by atoms with Crippen LogP contribution in [0.25, 0.3) is 0 Å². The standard InChI is InChI=1S/C22H19N3O3/c1-14-5-6-16(12-15(14)2)20-21(26)25(22(27)24-20)17-7-9-18(10-8-17)28-19-4-3-11-23-13-19/h3-13,20H,1-2H3,(H,24,27). The normalized spacial score (nSPS) is 16.2. The Labute approximate surface area is 162 Å². The van der Waals surface area contributed by atoms with Gasteiger partial charge in [-0.3, -0.25) is 9.78 Å². The van der Waals surface area contributed by atoms with E-state index in [1.54, 1.807) is 48.8 Å². The maximum atomic E-state index is 12.9. The van der Waals surface area contributed by atoms with Crippen LogP contribution in [0.1, 0.15) is 22.7 Å². The van der Waals surface area contributed by atoms with Gasteiger partial charge in [-0.25, -0.2) is 9.69 Å². The Balaban J connectivity index is 1.54. The van der Waals surface area contributed by atoms with Gasteiger partial charge in [0.1, 0.15) is 17.5 Å². The number of carbonyl (C=O) groups excluding carboxylic acids is 2. The number of pyridine rings is 1. The first-order valence-corrected chi connectivity index (χ1v) is 8.92. The number of nitrogens with one attached hydrogen (secondary N) is 1. The first-order chi connectivity index (χ1) is 13.5. The second-order valence-corrected chi connectivity index (χ2v) is 6.68. The van der Waals surface area contributed by atoms with Gasteiger partial charge in [0, 0.05) is 6.20 Å². The number of aryl methyl sites for hydroxylation is 2. The van der Waals surface area contributed by atoms with Crippen LogP contribution in [0.2, 0.25) is 0 Å². The maximum absolute atomic E-state index is 12.9. The lowest BCUT2D eigenvalue weighted by Gasteiger charge is -2.14. The van der Waals surface area contributed by atoms with Gasteiger partial charge in [0.15, 0.2) is 0 Å². The van der Waals surface area contributed by atoms with E-state index in [4.69, 9.17) is 4.74 Å². The van der Waals surface area contributed by atoms with Crippen molar-refractivity contribution in [1.29, 1.82) is 0 Å². The molecule has 140 valence electrons. The van der Waals surface area contributed by atoms with Gasteiger partial charge in [0.25, 0.3) is 5.91 Å². The molecule has 1 saturated heterocycles. The highest BCUT2D eigenvalue weighted by atomic mass is 16.5. The Morgan fingerprint density at radius 3 is 2.43 bits per heavy atom. The SMILES string of the molecule is Cc1ccc(C2NC(=O)N(c3ccc(Oc4cccnc4)cc3)C2=O)cc1C. The van der Waals surface area contributed by atoms with Crippen molar-refractivity contribution in [2.24, 2.45) is 0 Å². The molecule has 6 nitrogen and oxygen atoms in total. The van der Waals surface area contributed by atoms with Crippen molar-refractivity contribution in [3.8, 4) is 11.5 Å². The van der Waals surface area contributed by atoms with Crippen LogP contribution in [-0.2, 0) is 4.79 Å². The summed E-state index contributed by atoms with van der Waals surface area (Å²) in [6, 6.07) is 15.0. The second-order valence-electron chi connectivity index (χ2n) is 6.68. The van der Waals surface area contributed by atoms with E-state index in [0.29, 0.717) is 17.2 Å². The molecule has 0 spiro atoms. The minimum Gasteiger partial charge on any atom is -0.456 e. The molecule has 0 radical (unpaired) electrons. The molecule has 3 aromatic rings. The Hall–Kier alpha value is -3.67. The van der Waals surface area contributed by atoms with Crippen LogP contribution >= 0.6 is 0 Å². The zero-order valence-corrected chi connectivity index (χ0v) is 15.5. The van der Waals surface area contributed by atoms with Gasteiger partial charge in [-0.1, -0.05) is 18.2 Å². The van der Waals surface area contributed by atoms with Crippen LogP contribution in [0.5, 0.6) is 11.5 Å². The van der Waals surface area contributed by atoms with Crippen molar-refractivity contribution < 1.29 is 14.3 Å². The molecule has 28 heavy (non-hydrogen) atoms. The topological polar surface area (TPSA) is 71.5 Å². The number of anilines is 1. The van der Waals surface area contributed by atoms with Crippen molar-refractivity contribution >= 4 is 17.6 Å². The Morgan fingerprint density at radius 1 is 0.964 bits per heavy atom. The third kappa shape index (κ3) is 3.32. The van der Waals surface area contributed by atoms with Crippen LogP contribution in [0, 0.1) is 13.8 Å². The number of hydrogen-bond donors (Lipinski definition) is 1. The molecular weight excluding hydrogens is 354 g/mol. The van der Waals surface area contributed by atoms with Crippen LogP contribution < -0.4 is 15.0 Å². The highest BCUT2D eigenvalue weighted by Crippen LogP contribution is 2.30. The van der Waals surface area contributed by atoms with Crippen LogP contribution in [0.3, 0.4) is 0 Å². The highest BCUT2D eigenvalue weighted by molar-refractivity contribution is 6.21. The van der Waals surface area contributed by atoms with E-state index in [1.807, 2.05) is 32.0 Å². The number of carbonyl (C=O) groups is 2. The summed E-state index contributed by atoms with van der Waals surface area (Å²) in [6.45, 7) is 3.99. The van der Waals surface area contributed by atoms with E-state index in [0.717, 1.165) is 21.6 Å². The number of benzene rings is 2. The Morgan fingerprint density at radius 2 is 1.75 bits per heavy atom. The van der Waals surface area contributed by atoms with Gasteiger partial charge in [0.05, 0.1) is 11.9 Å². The van der Waals surface area contributed by atoms with E-state index >= 15 is 0 Å². The summed E-state index contributed by atoms with van der Waals surface area (Å²) in [5.41, 5.74) is 3.49. The summed E-state index contributed by atoms with van der Waals surface area (Å²) in [5, 5.41) is 2.77. The number of aromatic nitrogens is 1. The summed E-state index contributed by atoms with van der Waals surface area (Å²) >= 11 is 0. The average molecular weight is 373 g/mol. The van der Waals surface area contributed by atoms with Gasteiger partial charge in [-0.05, 0) is 66.9 Å². The lowest BCUT2D eigenvalue weighted by molar-refractivity contribution is -0.118. The molecule has 1 N–H and O–H groups in total. The fraction of sp³-hybridized carbons (Fsp3) is 0.136. The summed E-state index contributed by atoms with van der Waals surface area (Å²) in [4.78, 5) is 30.5. The summed E-state index contributed by atoms with van der Waals surface area (Å²) < 4.78 is 5.70. The smallest absolute Gasteiger partial charge is 0.329 e. The molecule has 2 aromatic carbocycles. The molecule has 2 heterocycles. The molecule has 1 fully saturated rings. The number of nitrogens with zero attached hydrogens (tertiary/aromatic N) is 2. The van der Waals surface area contributed by atoms with Crippen LogP contribution in [-0.4, -0.2) is 16.9 Å². The van der Waals surface area contributed by atoms with Crippen molar-refractivity contribution in [2.45, 2.75) is 19.9 Å². The molecule has 6 heteroatoms. The molecule has 0 aliphatic carbocycles. The van der Waals surface area contributed by atoms with Gasteiger partial charge in [-0.2, -0.15) is 0 Å². The number of ether oxygens (including phenoxy) is 1. The van der Waals surface area contributed by atoms with Gasteiger partial charge in [-0.15, -0.1) is 0 Å². The second kappa shape index (κ2) is 7.15. The van der Waals surface area contributed by atoms with Crippen molar-refractivity contribution in [2.75, 3.05) is 4.90 Å². The quantitative estimate of drug-likeness (QED) is 0.693. The van der Waals surface area contributed by atoms with Crippen molar-refractivity contribution in [3.63, 3.8) is 0 Å². The van der Waals surface area contributed by atoms with Gasteiger partial charge >= 0.3 is 6.03 Å². The molecule has 4 rings (SSSR count). The molecule has 1 aliphatic heterocycles. The van der Waals surface area contributed by atoms with Crippen LogP contribution in [0.4, 0.5) is 10.5 Å². The first-order valence-electron chi connectivity index (χ1n) is 8.92. The van der Waals surface area contributed by atoms with E-state index in [-0.39, 0.29) is 5.91 Å². The summed E-state index contributed by atoms with van der Waals surface area (Å²) in [7, 11) is 0. The molecule has 1 atom stereocenters. The fourth-order valence-corrected chi connectivity index (χ4v) is 3.10. The fourth-order valence-electron chi connectivity index (χ4n) is 3.10. The average Bonchev–Trinajstić information content (AvgIpc) is 3.00. The van der Waals surface area contributed by atoms with Crippen LogP contribution in [0.15, 0.2) is 67.0 Å². The Bertz CT molecular complexity index is 1030. The third-order valence-corrected chi connectivity index (χ3v) is 4.77. The van der Waals surface area contributed by atoms with E-state index < -0.39 is 12.1 Å². The molecule has 1 aromatic heterocycles. The Kier molecular flexibility index (Phi) is 4.53. The van der Waals surface area contributed by atoms with Gasteiger partial charge in [0.2, 0.25) is 0 Å². The predicted octanol–water partition coefficient (Wildman–Crippen LogP) is 4.29. The minimum absolute atomic E-state index is 0.297. The zero-order chi connectivity index (χ0) is 19.7. The number of rotatable bonds is 4. The maximum Gasteiger partial charge on any atom is 0.329 e. The number of imide groups is 1. The van der Waals surface area contributed by atoms with E-state index in [2.05, 4.69) is 10.3 Å².